The minimum atomic E-state index is 0.106. The standard InChI is InChI=1S/C17H21N3O2S/c1-12-2-4-15(5-3-12)22-10-16-19-14(11-23-16)8-17(21)20-7-6-13(18)9-20/h2-5,11,13H,6-10,18H2,1H3/t13-/m1/s1. The summed E-state index contributed by atoms with van der Waals surface area (Å²) in [6.45, 7) is 3.89. The zero-order chi connectivity index (χ0) is 16.2. The highest BCUT2D eigenvalue weighted by Crippen LogP contribution is 2.17. The molecule has 122 valence electrons. The first-order valence-corrected chi connectivity index (χ1v) is 8.64. The van der Waals surface area contributed by atoms with Gasteiger partial charge in [0.1, 0.15) is 17.4 Å². The minimum absolute atomic E-state index is 0.106. The summed E-state index contributed by atoms with van der Waals surface area (Å²) in [6, 6.07) is 8.05. The topological polar surface area (TPSA) is 68.5 Å². The minimum Gasteiger partial charge on any atom is -0.486 e. The van der Waals surface area contributed by atoms with E-state index in [-0.39, 0.29) is 11.9 Å². The van der Waals surface area contributed by atoms with Crippen molar-refractivity contribution >= 4 is 17.2 Å². The zero-order valence-corrected chi connectivity index (χ0v) is 14.0. The summed E-state index contributed by atoms with van der Waals surface area (Å²) in [5.41, 5.74) is 7.85. The van der Waals surface area contributed by atoms with Crippen molar-refractivity contribution in [3.05, 3.63) is 45.9 Å². The van der Waals surface area contributed by atoms with Gasteiger partial charge in [0.15, 0.2) is 0 Å². The van der Waals surface area contributed by atoms with E-state index in [1.807, 2.05) is 41.5 Å². The number of carbonyl (C=O) groups is 1. The van der Waals surface area contributed by atoms with E-state index < -0.39 is 0 Å². The Hall–Kier alpha value is -1.92. The number of hydrogen-bond donors (Lipinski definition) is 1. The number of rotatable bonds is 5. The largest absolute Gasteiger partial charge is 0.486 e. The van der Waals surface area contributed by atoms with Gasteiger partial charge in [0.25, 0.3) is 0 Å². The van der Waals surface area contributed by atoms with Crippen LogP contribution in [-0.2, 0) is 17.8 Å². The number of amides is 1. The SMILES string of the molecule is Cc1ccc(OCc2nc(CC(=O)N3CC[C@@H](N)C3)cs2)cc1. The van der Waals surface area contributed by atoms with Crippen LogP contribution in [-0.4, -0.2) is 34.9 Å². The highest BCUT2D eigenvalue weighted by Gasteiger charge is 2.24. The maximum Gasteiger partial charge on any atom is 0.228 e. The van der Waals surface area contributed by atoms with Gasteiger partial charge in [-0.15, -0.1) is 11.3 Å². The normalized spacial score (nSPS) is 17.5. The molecule has 5 nitrogen and oxygen atoms in total. The smallest absolute Gasteiger partial charge is 0.228 e. The molecule has 6 heteroatoms. The van der Waals surface area contributed by atoms with Crippen molar-refractivity contribution in [2.45, 2.75) is 32.4 Å². The van der Waals surface area contributed by atoms with E-state index in [0.717, 1.165) is 29.4 Å². The van der Waals surface area contributed by atoms with Crippen molar-refractivity contribution in [1.82, 2.24) is 9.88 Å². The molecule has 1 aliphatic heterocycles. The van der Waals surface area contributed by atoms with E-state index in [9.17, 15) is 4.79 Å². The Morgan fingerprint density at radius 1 is 1.43 bits per heavy atom. The third kappa shape index (κ3) is 4.30. The molecule has 0 unspecified atom stereocenters. The van der Waals surface area contributed by atoms with Gasteiger partial charge in [0.2, 0.25) is 5.91 Å². The Morgan fingerprint density at radius 3 is 2.91 bits per heavy atom. The molecule has 0 bridgehead atoms. The highest BCUT2D eigenvalue weighted by atomic mass is 32.1. The third-order valence-corrected chi connectivity index (χ3v) is 4.76. The number of aryl methyl sites for hydroxylation is 1. The van der Waals surface area contributed by atoms with Crippen molar-refractivity contribution < 1.29 is 9.53 Å². The summed E-state index contributed by atoms with van der Waals surface area (Å²) in [4.78, 5) is 18.5. The summed E-state index contributed by atoms with van der Waals surface area (Å²) >= 11 is 1.53. The lowest BCUT2D eigenvalue weighted by atomic mass is 10.2. The lowest BCUT2D eigenvalue weighted by molar-refractivity contribution is -0.129. The van der Waals surface area contributed by atoms with E-state index >= 15 is 0 Å². The van der Waals surface area contributed by atoms with Crippen LogP contribution >= 0.6 is 11.3 Å². The lowest BCUT2D eigenvalue weighted by Gasteiger charge is -2.14. The predicted molar refractivity (Wildman–Crippen MR) is 90.5 cm³/mol. The molecular weight excluding hydrogens is 310 g/mol. The molecule has 1 aromatic carbocycles. The van der Waals surface area contributed by atoms with Crippen LogP contribution in [0.5, 0.6) is 5.75 Å². The first kappa shape index (κ1) is 16.0. The molecule has 0 saturated carbocycles. The highest BCUT2D eigenvalue weighted by molar-refractivity contribution is 7.09. The molecule has 23 heavy (non-hydrogen) atoms. The van der Waals surface area contributed by atoms with Crippen LogP contribution < -0.4 is 10.5 Å². The monoisotopic (exact) mass is 331 g/mol. The average Bonchev–Trinajstić information content (AvgIpc) is 3.16. The second-order valence-electron chi connectivity index (χ2n) is 5.90. The van der Waals surface area contributed by atoms with Gasteiger partial charge in [-0.2, -0.15) is 0 Å². The van der Waals surface area contributed by atoms with Crippen LogP contribution in [0.4, 0.5) is 0 Å². The lowest BCUT2D eigenvalue weighted by Crippen LogP contribution is -2.33. The Labute approximate surface area is 140 Å². The number of thiazole rings is 1. The van der Waals surface area contributed by atoms with Gasteiger partial charge < -0.3 is 15.4 Å². The molecule has 2 heterocycles. The second kappa shape index (κ2) is 7.10. The van der Waals surface area contributed by atoms with E-state index in [4.69, 9.17) is 10.5 Å². The number of aromatic nitrogens is 1. The van der Waals surface area contributed by atoms with Crippen LogP contribution in [0.1, 0.15) is 22.7 Å². The fraction of sp³-hybridized carbons (Fsp3) is 0.412. The van der Waals surface area contributed by atoms with Gasteiger partial charge in [0, 0.05) is 24.5 Å². The van der Waals surface area contributed by atoms with Gasteiger partial charge in [-0.3, -0.25) is 4.79 Å². The van der Waals surface area contributed by atoms with Crippen molar-refractivity contribution in [3.63, 3.8) is 0 Å². The number of nitrogens with two attached hydrogens (primary N) is 1. The number of benzene rings is 1. The van der Waals surface area contributed by atoms with Crippen LogP contribution in [0.25, 0.3) is 0 Å². The molecule has 0 spiro atoms. The number of nitrogens with zero attached hydrogens (tertiary/aromatic N) is 2. The van der Waals surface area contributed by atoms with Gasteiger partial charge in [-0.05, 0) is 25.5 Å². The molecule has 1 fully saturated rings. The van der Waals surface area contributed by atoms with Crippen molar-refractivity contribution in [1.29, 1.82) is 0 Å². The van der Waals surface area contributed by atoms with Crippen molar-refractivity contribution in [3.8, 4) is 5.75 Å². The molecule has 1 aromatic heterocycles. The van der Waals surface area contributed by atoms with Crippen molar-refractivity contribution in [2.75, 3.05) is 13.1 Å². The fourth-order valence-electron chi connectivity index (χ4n) is 2.56. The van der Waals surface area contributed by atoms with Gasteiger partial charge in [0.05, 0.1) is 12.1 Å². The van der Waals surface area contributed by atoms with Gasteiger partial charge in [-0.1, -0.05) is 17.7 Å². The van der Waals surface area contributed by atoms with E-state index in [1.54, 1.807) is 0 Å². The van der Waals surface area contributed by atoms with Crippen LogP contribution in [0.2, 0.25) is 0 Å². The Bertz CT molecular complexity index is 669. The number of likely N-dealkylation sites (tertiary alicyclic amines) is 1. The van der Waals surface area contributed by atoms with Gasteiger partial charge >= 0.3 is 0 Å². The van der Waals surface area contributed by atoms with E-state index in [2.05, 4.69) is 4.98 Å². The molecule has 1 atom stereocenters. The van der Waals surface area contributed by atoms with Crippen LogP contribution in [0, 0.1) is 6.92 Å². The summed E-state index contributed by atoms with van der Waals surface area (Å²) in [5.74, 6) is 0.934. The summed E-state index contributed by atoms with van der Waals surface area (Å²) in [5, 5.41) is 2.81. The van der Waals surface area contributed by atoms with Crippen molar-refractivity contribution in [2.24, 2.45) is 5.73 Å². The Morgan fingerprint density at radius 2 is 2.22 bits per heavy atom. The molecule has 2 N–H and O–H groups in total. The maximum absolute atomic E-state index is 12.2. The van der Waals surface area contributed by atoms with E-state index in [1.165, 1.54) is 16.9 Å². The van der Waals surface area contributed by atoms with Gasteiger partial charge in [-0.25, -0.2) is 4.98 Å². The van der Waals surface area contributed by atoms with Crippen LogP contribution in [0.3, 0.4) is 0 Å². The number of ether oxygens (including phenoxy) is 1. The average molecular weight is 331 g/mol. The Balaban J connectivity index is 1.51. The predicted octanol–water partition coefficient (Wildman–Crippen LogP) is 2.13. The molecule has 1 saturated heterocycles. The first-order valence-electron chi connectivity index (χ1n) is 7.76. The molecular formula is C17H21N3O2S. The Kier molecular flexibility index (Phi) is 4.93. The summed E-state index contributed by atoms with van der Waals surface area (Å²) in [6.07, 6.45) is 1.23. The van der Waals surface area contributed by atoms with E-state index in [0.29, 0.717) is 19.6 Å². The molecule has 3 rings (SSSR count). The number of carbonyl (C=O) groups excluding carboxylic acids is 1. The molecule has 0 aliphatic carbocycles. The molecule has 1 amide bonds. The summed E-state index contributed by atoms with van der Waals surface area (Å²) < 4.78 is 5.72. The molecule has 2 aromatic rings. The maximum atomic E-state index is 12.2. The first-order chi connectivity index (χ1) is 11.1. The molecule has 0 radical (unpaired) electrons. The van der Waals surface area contributed by atoms with Crippen LogP contribution in [0.15, 0.2) is 29.6 Å². The zero-order valence-electron chi connectivity index (χ0n) is 13.2. The third-order valence-electron chi connectivity index (χ3n) is 3.89. The quantitative estimate of drug-likeness (QED) is 0.911. The fourth-order valence-corrected chi connectivity index (χ4v) is 3.26. The summed E-state index contributed by atoms with van der Waals surface area (Å²) in [7, 11) is 0. The second-order valence-corrected chi connectivity index (χ2v) is 6.84. The number of hydrogen-bond acceptors (Lipinski definition) is 5. The molecule has 1 aliphatic rings.